The summed E-state index contributed by atoms with van der Waals surface area (Å²) in [5, 5.41) is -0.117. The number of rotatable bonds is 10. The molecule has 152 valence electrons. The van der Waals surface area contributed by atoms with E-state index in [1.807, 2.05) is 0 Å². The van der Waals surface area contributed by atoms with Gasteiger partial charge in [-0.25, -0.2) is 14.4 Å². The van der Waals surface area contributed by atoms with Gasteiger partial charge in [0, 0.05) is 5.03 Å². The average Bonchev–Trinajstić information content (AvgIpc) is 2.66. The van der Waals surface area contributed by atoms with Crippen molar-refractivity contribution in [2.45, 2.75) is 4.87 Å². The molecule has 0 saturated carbocycles. The molecule has 2 atom stereocenters. The smallest absolute Gasteiger partial charge is 0.344 e. The molecule has 0 bridgehead atoms. The number of halogens is 2. The van der Waals surface area contributed by atoms with Crippen molar-refractivity contribution < 1.29 is 38.1 Å². The van der Waals surface area contributed by atoms with Gasteiger partial charge in [0.1, 0.15) is 19.1 Å². The molecule has 0 aromatic heterocycles. The highest BCUT2D eigenvalue weighted by atomic mass is 35.5. The van der Waals surface area contributed by atoms with Gasteiger partial charge in [-0.15, -0.1) is 0 Å². The zero-order valence-corrected chi connectivity index (χ0v) is 16.2. The number of carbonyl (C=O) groups is 4. The SMILES string of the molecule is C=CCOC(=O)COC(=O)C1C=CC(Cl)(C(=O)OCC(=O)OCC=C)C=C1Cl. The average molecular weight is 433 g/mol. The van der Waals surface area contributed by atoms with Crippen molar-refractivity contribution in [1.29, 1.82) is 0 Å². The van der Waals surface area contributed by atoms with Gasteiger partial charge in [0.2, 0.25) is 0 Å². The molecule has 0 fully saturated rings. The Morgan fingerprint density at radius 1 is 1.00 bits per heavy atom. The highest BCUT2D eigenvalue weighted by molar-refractivity contribution is 6.40. The molecule has 0 radical (unpaired) electrons. The molecule has 0 heterocycles. The van der Waals surface area contributed by atoms with Crippen molar-refractivity contribution in [2.24, 2.45) is 5.92 Å². The molecule has 0 aromatic carbocycles. The summed E-state index contributed by atoms with van der Waals surface area (Å²) in [7, 11) is 0. The molecule has 2 unspecified atom stereocenters. The second kappa shape index (κ2) is 11.3. The minimum absolute atomic E-state index is 0.0155. The van der Waals surface area contributed by atoms with Gasteiger partial charge in [-0.1, -0.05) is 60.7 Å². The zero-order valence-electron chi connectivity index (χ0n) is 14.7. The fourth-order valence-electron chi connectivity index (χ4n) is 1.83. The summed E-state index contributed by atoms with van der Waals surface area (Å²) in [4.78, 5) is 45.0. The second-order valence-corrected chi connectivity index (χ2v) is 6.32. The van der Waals surface area contributed by atoms with Gasteiger partial charge in [-0.05, 0) is 6.08 Å². The Hall–Kier alpha value is -2.58. The van der Waals surface area contributed by atoms with E-state index in [0.29, 0.717) is 0 Å². The Morgan fingerprint density at radius 2 is 1.54 bits per heavy atom. The van der Waals surface area contributed by atoms with Crippen LogP contribution in [-0.4, -0.2) is 55.2 Å². The zero-order chi connectivity index (χ0) is 21.2. The summed E-state index contributed by atoms with van der Waals surface area (Å²) in [5.41, 5.74) is 0. The van der Waals surface area contributed by atoms with E-state index in [1.54, 1.807) is 0 Å². The van der Waals surface area contributed by atoms with Crippen molar-refractivity contribution in [3.63, 3.8) is 0 Å². The number of hydrogen-bond donors (Lipinski definition) is 0. The number of hydrogen-bond acceptors (Lipinski definition) is 8. The fraction of sp³-hybridized carbons (Fsp3) is 0.333. The van der Waals surface area contributed by atoms with E-state index in [9.17, 15) is 19.2 Å². The van der Waals surface area contributed by atoms with Crippen LogP contribution < -0.4 is 0 Å². The lowest BCUT2D eigenvalue weighted by atomic mass is 9.95. The number of carbonyl (C=O) groups excluding carboxylic acids is 4. The standard InChI is InChI=1S/C18H18Cl2O8/c1-3-7-25-14(21)10-27-16(23)12-5-6-18(20,9-13(12)19)17(24)28-11-15(22)26-8-4-2/h3-6,9,12H,1-2,7-8,10-11H2. The quantitative estimate of drug-likeness (QED) is 0.222. The number of ether oxygens (including phenoxy) is 4. The highest BCUT2D eigenvalue weighted by Crippen LogP contribution is 2.33. The van der Waals surface area contributed by atoms with E-state index in [1.165, 1.54) is 24.3 Å². The third-order valence-electron chi connectivity index (χ3n) is 3.12. The molecule has 0 aliphatic heterocycles. The molecule has 1 aliphatic carbocycles. The van der Waals surface area contributed by atoms with Crippen molar-refractivity contribution in [3.05, 3.63) is 48.6 Å². The highest BCUT2D eigenvalue weighted by Gasteiger charge is 2.39. The monoisotopic (exact) mass is 432 g/mol. The normalized spacial score (nSPS) is 20.4. The van der Waals surface area contributed by atoms with Crippen molar-refractivity contribution in [2.75, 3.05) is 26.4 Å². The molecule has 1 aliphatic rings. The maximum atomic E-state index is 12.1. The second-order valence-electron chi connectivity index (χ2n) is 5.26. The lowest BCUT2D eigenvalue weighted by Crippen LogP contribution is -2.35. The molecule has 28 heavy (non-hydrogen) atoms. The molecule has 0 saturated heterocycles. The van der Waals surface area contributed by atoms with E-state index < -0.39 is 47.9 Å². The van der Waals surface area contributed by atoms with Gasteiger partial charge in [-0.2, -0.15) is 0 Å². The first-order valence-electron chi connectivity index (χ1n) is 7.87. The van der Waals surface area contributed by atoms with E-state index in [0.717, 1.165) is 6.08 Å². The minimum Gasteiger partial charge on any atom is -0.459 e. The predicted octanol–water partition coefficient (Wildman–Crippen LogP) is 1.82. The first-order valence-corrected chi connectivity index (χ1v) is 8.62. The number of alkyl halides is 1. The Morgan fingerprint density at radius 3 is 2.04 bits per heavy atom. The third-order valence-corrected chi connectivity index (χ3v) is 3.85. The van der Waals surface area contributed by atoms with Crippen molar-refractivity contribution in [3.8, 4) is 0 Å². The summed E-state index contributed by atoms with van der Waals surface area (Å²) < 4.78 is 18.9. The van der Waals surface area contributed by atoms with Gasteiger partial charge < -0.3 is 18.9 Å². The largest absolute Gasteiger partial charge is 0.459 e. The first-order chi connectivity index (χ1) is 13.2. The van der Waals surface area contributed by atoms with Crippen LogP contribution in [0, 0.1) is 5.92 Å². The fourth-order valence-corrected chi connectivity index (χ4v) is 2.46. The summed E-state index contributed by atoms with van der Waals surface area (Å²) in [6.07, 6.45) is 6.19. The molecule has 8 nitrogen and oxygen atoms in total. The van der Waals surface area contributed by atoms with E-state index in [2.05, 4.69) is 22.6 Å². The van der Waals surface area contributed by atoms with Gasteiger partial charge in [-0.3, -0.25) is 4.79 Å². The Kier molecular flexibility index (Phi) is 9.47. The molecule has 10 heteroatoms. The van der Waals surface area contributed by atoms with Crippen molar-refractivity contribution >= 4 is 47.1 Å². The van der Waals surface area contributed by atoms with Crippen molar-refractivity contribution in [1.82, 2.24) is 0 Å². The van der Waals surface area contributed by atoms with Gasteiger partial charge in [0.15, 0.2) is 18.1 Å². The van der Waals surface area contributed by atoms with E-state index in [-0.39, 0.29) is 18.2 Å². The van der Waals surface area contributed by atoms with Crippen LogP contribution in [0.2, 0.25) is 0 Å². The van der Waals surface area contributed by atoms with Crippen LogP contribution in [0.4, 0.5) is 0 Å². The van der Waals surface area contributed by atoms with E-state index in [4.69, 9.17) is 32.7 Å². The van der Waals surface area contributed by atoms with Gasteiger partial charge in [0.25, 0.3) is 0 Å². The molecule has 0 spiro atoms. The van der Waals surface area contributed by atoms with Crippen LogP contribution in [0.3, 0.4) is 0 Å². The lowest BCUT2D eigenvalue weighted by molar-refractivity contribution is -0.159. The molecular weight excluding hydrogens is 415 g/mol. The summed E-state index contributed by atoms with van der Waals surface area (Å²) in [6, 6.07) is 0. The summed E-state index contributed by atoms with van der Waals surface area (Å²) in [5.74, 6) is -4.43. The molecule has 0 aromatic rings. The van der Waals surface area contributed by atoms with Crippen LogP contribution >= 0.6 is 23.2 Å². The van der Waals surface area contributed by atoms with Crippen LogP contribution in [0.25, 0.3) is 0 Å². The molecule has 0 N–H and O–H groups in total. The van der Waals surface area contributed by atoms with E-state index >= 15 is 0 Å². The number of esters is 4. The Labute approximate surface area is 171 Å². The minimum atomic E-state index is -1.81. The molecular formula is C18H18Cl2O8. The van der Waals surface area contributed by atoms with Crippen LogP contribution in [0.15, 0.2) is 48.6 Å². The topological polar surface area (TPSA) is 105 Å². The Balaban J connectivity index is 2.62. The predicted molar refractivity (Wildman–Crippen MR) is 99.4 cm³/mol. The van der Waals surface area contributed by atoms with Gasteiger partial charge in [0.05, 0.1) is 0 Å². The van der Waals surface area contributed by atoms with Crippen LogP contribution in [-0.2, 0) is 38.1 Å². The molecule has 1 rings (SSSR count). The maximum absolute atomic E-state index is 12.1. The summed E-state index contributed by atoms with van der Waals surface area (Å²) in [6.45, 7) is 5.44. The van der Waals surface area contributed by atoms with Crippen LogP contribution in [0.5, 0.6) is 0 Å². The third kappa shape index (κ3) is 7.21. The maximum Gasteiger partial charge on any atom is 0.344 e. The van der Waals surface area contributed by atoms with Gasteiger partial charge >= 0.3 is 23.9 Å². The first kappa shape index (κ1) is 23.5. The Bertz CT molecular complexity index is 712. The lowest BCUT2D eigenvalue weighted by Gasteiger charge is -2.24. The van der Waals surface area contributed by atoms with Crippen LogP contribution in [0.1, 0.15) is 0 Å². The molecule has 0 amide bonds. The summed E-state index contributed by atoms with van der Waals surface area (Å²) >= 11 is 12.2.